The largest absolute Gasteiger partial charge is 0.368 e. The lowest BCUT2D eigenvalue weighted by Crippen LogP contribution is -2.52. The number of nitrogens with one attached hydrogen (secondary N) is 1. The van der Waals surface area contributed by atoms with Crippen molar-refractivity contribution in [2.45, 2.75) is 29.8 Å². The zero-order valence-corrected chi connectivity index (χ0v) is 9.68. The van der Waals surface area contributed by atoms with Crippen LogP contribution in [0.25, 0.3) is 0 Å². The lowest BCUT2D eigenvalue weighted by atomic mass is 9.78. The average molecular weight is 224 g/mol. The summed E-state index contributed by atoms with van der Waals surface area (Å²) in [6.45, 7) is 0.803. The number of rotatable bonds is 4. The van der Waals surface area contributed by atoms with Crippen molar-refractivity contribution in [2.75, 3.05) is 18.1 Å². The Bertz CT molecular complexity index is 338. The second-order valence-electron chi connectivity index (χ2n) is 4.02. The molecule has 1 fully saturated rings. The van der Waals surface area contributed by atoms with Gasteiger partial charge in [-0.15, -0.1) is 11.8 Å². The molecule has 0 aromatic carbocycles. The van der Waals surface area contributed by atoms with Gasteiger partial charge in [-0.2, -0.15) is 0 Å². The fourth-order valence-electron chi connectivity index (χ4n) is 1.62. The third-order valence-electron chi connectivity index (χ3n) is 2.82. The van der Waals surface area contributed by atoms with E-state index in [4.69, 9.17) is 5.73 Å². The van der Waals surface area contributed by atoms with Crippen LogP contribution in [0.5, 0.6) is 0 Å². The molecule has 0 unspecified atom stereocenters. The van der Waals surface area contributed by atoms with Crippen molar-refractivity contribution in [1.29, 1.82) is 0 Å². The van der Waals surface area contributed by atoms with Crippen molar-refractivity contribution in [3.63, 3.8) is 0 Å². The summed E-state index contributed by atoms with van der Waals surface area (Å²) in [5.74, 6) is 0.867. The predicted octanol–water partition coefficient (Wildman–Crippen LogP) is 1.49. The minimum Gasteiger partial charge on any atom is -0.368 e. The number of nitrogens with two attached hydrogens (primary N) is 1. The molecule has 1 aromatic heterocycles. The Labute approximate surface area is 94.1 Å². The van der Waals surface area contributed by atoms with E-state index >= 15 is 0 Å². The van der Waals surface area contributed by atoms with Crippen molar-refractivity contribution >= 4 is 17.6 Å². The van der Waals surface area contributed by atoms with E-state index in [1.54, 1.807) is 18.1 Å². The molecule has 1 aliphatic rings. The number of hydrogen-bond acceptors (Lipinski definition) is 5. The number of nitrogens with zero attached hydrogens (tertiary/aromatic N) is 2. The number of aromatic nitrogens is 2. The fourth-order valence-corrected chi connectivity index (χ4v) is 2.00. The Kier molecular flexibility index (Phi) is 3.11. The smallest absolute Gasteiger partial charge is 0.130 e. The summed E-state index contributed by atoms with van der Waals surface area (Å²) in [7, 11) is 0. The summed E-state index contributed by atoms with van der Waals surface area (Å²) in [5, 5.41) is 4.25. The van der Waals surface area contributed by atoms with Gasteiger partial charge in [0.25, 0.3) is 0 Å². The second-order valence-corrected chi connectivity index (χ2v) is 4.84. The summed E-state index contributed by atoms with van der Waals surface area (Å²) in [6, 6.07) is 1.95. The van der Waals surface area contributed by atoms with Gasteiger partial charge in [-0.3, -0.25) is 0 Å². The third-order valence-corrected chi connectivity index (χ3v) is 3.46. The summed E-state index contributed by atoms with van der Waals surface area (Å²) < 4.78 is 0. The number of thioether (sulfide) groups is 1. The number of anilines is 1. The zero-order chi connectivity index (χ0) is 10.7. The SMILES string of the molecule is CSc1cc(NCC2(N)CCC2)ncn1. The molecule has 0 amide bonds. The van der Waals surface area contributed by atoms with Crippen molar-refractivity contribution in [3.8, 4) is 0 Å². The summed E-state index contributed by atoms with van der Waals surface area (Å²) in [5.41, 5.74) is 6.10. The first kappa shape index (κ1) is 10.7. The molecule has 0 saturated heterocycles. The monoisotopic (exact) mass is 224 g/mol. The highest BCUT2D eigenvalue weighted by Gasteiger charge is 2.32. The van der Waals surface area contributed by atoms with Gasteiger partial charge in [0.15, 0.2) is 0 Å². The highest BCUT2D eigenvalue weighted by molar-refractivity contribution is 7.98. The van der Waals surface area contributed by atoms with E-state index in [0.717, 1.165) is 30.2 Å². The van der Waals surface area contributed by atoms with Gasteiger partial charge in [0.05, 0.1) is 0 Å². The summed E-state index contributed by atoms with van der Waals surface area (Å²) in [4.78, 5) is 8.27. The molecule has 1 saturated carbocycles. The Hall–Kier alpha value is -0.810. The first-order valence-electron chi connectivity index (χ1n) is 5.11. The second kappa shape index (κ2) is 4.37. The maximum Gasteiger partial charge on any atom is 0.130 e. The van der Waals surface area contributed by atoms with Crippen LogP contribution >= 0.6 is 11.8 Å². The van der Waals surface area contributed by atoms with Crippen LogP contribution in [0.1, 0.15) is 19.3 Å². The van der Waals surface area contributed by atoms with E-state index in [-0.39, 0.29) is 5.54 Å². The highest BCUT2D eigenvalue weighted by Crippen LogP contribution is 2.29. The molecule has 2 rings (SSSR count). The van der Waals surface area contributed by atoms with Crippen molar-refractivity contribution in [1.82, 2.24) is 9.97 Å². The summed E-state index contributed by atoms with van der Waals surface area (Å²) >= 11 is 1.61. The van der Waals surface area contributed by atoms with Crippen LogP contribution in [0.15, 0.2) is 17.4 Å². The molecular formula is C10H16N4S. The maximum atomic E-state index is 6.11. The van der Waals surface area contributed by atoms with Crippen molar-refractivity contribution in [3.05, 3.63) is 12.4 Å². The van der Waals surface area contributed by atoms with Crippen LogP contribution in [0.3, 0.4) is 0 Å². The lowest BCUT2D eigenvalue weighted by molar-refractivity contribution is 0.265. The highest BCUT2D eigenvalue weighted by atomic mass is 32.2. The van der Waals surface area contributed by atoms with Crippen molar-refractivity contribution < 1.29 is 0 Å². The van der Waals surface area contributed by atoms with Crippen LogP contribution in [0.2, 0.25) is 0 Å². The molecule has 82 valence electrons. The van der Waals surface area contributed by atoms with Crippen molar-refractivity contribution in [2.24, 2.45) is 5.73 Å². The molecule has 0 atom stereocenters. The number of hydrogen-bond donors (Lipinski definition) is 2. The van der Waals surface area contributed by atoms with E-state index < -0.39 is 0 Å². The molecule has 0 aliphatic heterocycles. The standard InChI is InChI=1S/C10H16N4S/c1-15-9-5-8(13-7-14-9)12-6-10(11)3-2-4-10/h5,7H,2-4,6,11H2,1H3,(H,12,13,14). The van der Waals surface area contributed by atoms with Crippen LogP contribution in [0, 0.1) is 0 Å². The Balaban J connectivity index is 1.92. The maximum absolute atomic E-state index is 6.11. The fraction of sp³-hybridized carbons (Fsp3) is 0.600. The quantitative estimate of drug-likeness (QED) is 0.599. The van der Waals surface area contributed by atoms with E-state index in [9.17, 15) is 0 Å². The minimum absolute atomic E-state index is 0.00945. The lowest BCUT2D eigenvalue weighted by Gasteiger charge is -2.38. The molecule has 0 spiro atoms. The van der Waals surface area contributed by atoms with E-state index in [1.807, 2.05) is 12.3 Å². The van der Waals surface area contributed by atoms with Gasteiger partial charge >= 0.3 is 0 Å². The molecular weight excluding hydrogens is 208 g/mol. The molecule has 1 aliphatic carbocycles. The van der Waals surface area contributed by atoms with Crippen LogP contribution < -0.4 is 11.1 Å². The van der Waals surface area contributed by atoms with Gasteiger partial charge in [0.2, 0.25) is 0 Å². The Morgan fingerprint density at radius 1 is 1.53 bits per heavy atom. The predicted molar refractivity (Wildman–Crippen MR) is 63.1 cm³/mol. The Morgan fingerprint density at radius 3 is 2.93 bits per heavy atom. The molecule has 5 heteroatoms. The normalized spacial score (nSPS) is 18.3. The van der Waals surface area contributed by atoms with Crippen LogP contribution in [0.4, 0.5) is 5.82 Å². The topological polar surface area (TPSA) is 63.8 Å². The average Bonchev–Trinajstić information content (AvgIpc) is 2.24. The van der Waals surface area contributed by atoms with Gasteiger partial charge in [-0.1, -0.05) is 0 Å². The van der Waals surface area contributed by atoms with Gasteiger partial charge in [-0.05, 0) is 25.5 Å². The first-order valence-corrected chi connectivity index (χ1v) is 6.33. The van der Waals surface area contributed by atoms with E-state index in [2.05, 4.69) is 15.3 Å². The van der Waals surface area contributed by atoms with Gasteiger partial charge < -0.3 is 11.1 Å². The molecule has 0 radical (unpaired) electrons. The first-order chi connectivity index (χ1) is 7.22. The molecule has 4 nitrogen and oxygen atoms in total. The van der Waals surface area contributed by atoms with E-state index in [1.165, 1.54) is 6.42 Å². The minimum atomic E-state index is -0.00945. The molecule has 15 heavy (non-hydrogen) atoms. The van der Waals surface area contributed by atoms with E-state index in [0.29, 0.717) is 0 Å². The zero-order valence-electron chi connectivity index (χ0n) is 8.86. The van der Waals surface area contributed by atoms with Gasteiger partial charge in [0.1, 0.15) is 17.2 Å². The van der Waals surface area contributed by atoms with Crippen LogP contribution in [-0.2, 0) is 0 Å². The van der Waals surface area contributed by atoms with Crippen LogP contribution in [-0.4, -0.2) is 28.3 Å². The van der Waals surface area contributed by atoms with Gasteiger partial charge in [-0.25, -0.2) is 9.97 Å². The van der Waals surface area contributed by atoms with Gasteiger partial charge in [0, 0.05) is 18.2 Å². The third kappa shape index (κ3) is 2.60. The molecule has 0 bridgehead atoms. The Morgan fingerprint density at radius 2 is 2.33 bits per heavy atom. The summed E-state index contributed by atoms with van der Waals surface area (Å²) in [6.07, 6.45) is 7.06. The molecule has 1 heterocycles. The molecule has 3 N–H and O–H groups in total. The molecule has 1 aromatic rings.